The molecule has 1 aromatic carbocycles. The lowest BCUT2D eigenvalue weighted by atomic mass is 9.94. The van der Waals surface area contributed by atoms with Crippen LogP contribution in [0.2, 0.25) is 0 Å². The van der Waals surface area contributed by atoms with E-state index in [-0.39, 0.29) is 5.60 Å². The van der Waals surface area contributed by atoms with Crippen molar-refractivity contribution in [2.45, 2.75) is 64.9 Å². The van der Waals surface area contributed by atoms with E-state index >= 15 is 0 Å². The molecular weight excluding hydrogens is 300 g/mol. The summed E-state index contributed by atoms with van der Waals surface area (Å²) < 4.78 is 17.1. The smallest absolute Gasteiger partial charge is 0.126 e. The van der Waals surface area contributed by atoms with Crippen LogP contribution in [0.15, 0.2) is 29.8 Å². The van der Waals surface area contributed by atoms with E-state index in [0.29, 0.717) is 12.5 Å². The second kappa shape index (κ2) is 8.57. The number of benzene rings is 1. The predicted octanol–water partition coefficient (Wildman–Crippen LogP) is 5.49. The maximum atomic E-state index is 5.85. The van der Waals surface area contributed by atoms with Gasteiger partial charge in [0.25, 0.3) is 0 Å². The van der Waals surface area contributed by atoms with Crippen LogP contribution in [0.3, 0.4) is 0 Å². The Hall–Kier alpha value is -1.48. The van der Waals surface area contributed by atoms with Crippen LogP contribution in [0, 0.1) is 0 Å². The Morgan fingerprint density at radius 3 is 2.92 bits per heavy atom. The highest BCUT2D eigenvalue weighted by atomic mass is 16.5. The van der Waals surface area contributed by atoms with Crippen LogP contribution in [0.25, 0.3) is 0 Å². The quantitative estimate of drug-likeness (QED) is 0.559. The minimum absolute atomic E-state index is 0.0122. The molecule has 0 fully saturated rings. The van der Waals surface area contributed by atoms with Crippen LogP contribution in [0.4, 0.5) is 0 Å². The molecule has 134 valence electrons. The second-order valence-electron chi connectivity index (χ2n) is 7.13. The van der Waals surface area contributed by atoms with Crippen LogP contribution in [-0.4, -0.2) is 25.9 Å². The first-order valence-corrected chi connectivity index (χ1v) is 9.07. The van der Waals surface area contributed by atoms with Gasteiger partial charge in [-0.2, -0.15) is 0 Å². The average molecular weight is 332 g/mol. The van der Waals surface area contributed by atoms with Crippen molar-refractivity contribution in [3.05, 3.63) is 35.4 Å². The maximum absolute atomic E-state index is 5.85. The van der Waals surface area contributed by atoms with E-state index in [1.165, 1.54) is 11.1 Å². The molecule has 1 aliphatic heterocycles. The molecule has 0 aromatic heterocycles. The SMILES string of the molecule is CCC(C)(CCC/C(C)=C/COc1ccc2c(c1)OCC2C)OC. The van der Waals surface area contributed by atoms with E-state index in [0.717, 1.165) is 43.8 Å². The molecule has 0 saturated heterocycles. The van der Waals surface area contributed by atoms with Crippen molar-refractivity contribution in [1.29, 1.82) is 0 Å². The van der Waals surface area contributed by atoms with Crippen molar-refractivity contribution < 1.29 is 14.2 Å². The second-order valence-corrected chi connectivity index (χ2v) is 7.13. The fourth-order valence-electron chi connectivity index (χ4n) is 2.99. The van der Waals surface area contributed by atoms with Gasteiger partial charge in [-0.05, 0) is 51.7 Å². The molecule has 0 bridgehead atoms. The molecule has 24 heavy (non-hydrogen) atoms. The van der Waals surface area contributed by atoms with Gasteiger partial charge in [0.15, 0.2) is 0 Å². The Balaban J connectivity index is 1.75. The molecule has 0 aliphatic carbocycles. The van der Waals surface area contributed by atoms with Gasteiger partial charge in [-0.15, -0.1) is 0 Å². The zero-order chi connectivity index (χ0) is 17.6. The van der Waals surface area contributed by atoms with Crippen molar-refractivity contribution in [3.63, 3.8) is 0 Å². The van der Waals surface area contributed by atoms with E-state index in [2.05, 4.69) is 39.8 Å². The van der Waals surface area contributed by atoms with Gasteiger partial charge in [0.05, 0.1) is 12.2 Å². The molecule has 1 heterocycles. The van der Waals surface area contributed by atoms with Gasteiger partial charge < -0.3 is 14.2 Å². The molecule has 2 rings (SSSR count). The number of ether oxygens (including phenoxy) is 3. The predicted molar refractivity (Wildman–Crippen MR) is 99.2 cm³/mol. The Bertz CT molecular complexity index is 558. The molecule has 3 heteroatoms. The monoisotopic (exact) mass is 332 g/mol. The largest absolute Gasteiger partial charge is 0.493 e. The molecule has 0 spiro atoms. The fraction of sp³-hybridized carbons (Fsp3) is 0.619. The lowest BCUT2D eigenvalue weighted by Gasteiger charge is -2.26. The molecule has 0 amide bonds. The highest BCUT2D eigenvalue weighted by molar-refractivity contribution is 5.45. The number of rotatable bonds is 9. The summed E-state index contributed by atoms with van der Waals surface area (Å²) in [7, 11) is 1.81. The lowest BCUT2D eigenvalue weighted by Crippen LogP contribution is -2.25. The summed E-state index contributed by atoms with van der Waals surface area (Å²) in [6.07, 6.45) is 6.55. The first-order chi connectivity index (χ1) is 11.5. The lowest BCUT2D eigenvalue weighted by molar-refractivity contribution is -0.00563. The molecule has 1 aliphatic rings. The highest BCUT2D eigenvalue weighted by Crippen LogP contribution is 2.36. The molecule has 2 atom stereocenters. The van der Waals surface area contributed by atoms with Gasteiger partial charge in [0.2, 0.25) is 0 Å². The zero-order valence-electron chi connectivity index (χ0n) is 15.9. The van der Waals surface area contributed by atoms with E-state index in [1.807, 2.05) is 12.1 Å². The van der Waals surface area contributed by atoms with E-state index < -0.39 is 0 Å². The third-order valence-electron chi connectivity index (χ3n) is 5.20. The van der Waals surface area contributed by atoms with Crippen molar-refractivity contribution in [3.8, 4) is 11.5 Å². The van der Waals surface area contributed by atoms with Crippen LogP contribution in [0.1, 0.15) is 64.9 Å². The first kappa shape index (κ1) is 18.9. The highest BCUT2D eigenvalue weighted by Gasteiger charge is 2.21. The Labute approximate surface area is 147 Å². The van der Waals surface area contributed by atoms with Gasteiger partial charge in [0, 0.05) is 24.7 Å². The molecule has 1 aromatic rings. The minimum Gasteiger partial charge on any atom is -0.493 e. The maximum Gasteiger partial charge on any atom is 0.126 e. The Morgan fingerprint density at radius 2 is 2.21 bits per heavy atom. The van der Waals surface area contributed by atoms with Crippen molar-refractivity contribution in [2.24, 2.45) is 0 Å². The summed E-state index contributed by atoms with van der Waals surface area (Å²) in [6.45, 7) is 10.1. The van der Waals surface area contributed by atoms with Gasteiger partial charge in [-0.1, -0.05) is 25.5 Å². The van der Waals surface area contributed by atoms with E-state index in [1.54, 1.807) is 7.11 Å². The van der Waals surface area contributed by atoms with Crippen LogP contribution in [0.5, 0.6) is 11.5 Å². The summed E-state index contributed by atoms with van der Waals surface area (Å²) in [4.78, 5) is 0. The van der Waals surface area contributed by atoms with Crippen molar-refractivity contribution in [1.82, 2.24) is 0 Å². The van der Waals surface area contributed by atoms with Gasteiger partial charge in [-0.3, -0.25) is 0 Å². The van der Waals surface area contributed by atoms with Gasteiger partial charge in [-0.25, -0.2) is 0 Å². The normalized spacial score (nSPS) is 19.5. The number of allylic oxidation sites excluding steroid dienone is 1. The molecule has 3 nitrogen and oxygen atoms in total. The molecule has 0 N–H and O–H groups in total. The summed E-state index contributed by atoms with van der Waals surface area (Å²) >= 11 is 0. The Morgan fingerprint density at radius 1 is 1.42 bits per heavy atom. The number of hydrogen-bond donors (Lipinski definition) is 0. The summed E-state index contributed by atoms with van der Waals surface area (Å²) in [5.41, 5.74) is 2.67. The standard InChI is InChI=1S/C21H32O3/c1-6-21(4,22-5)12-7-8-16(2)11-13-23-18-9-10-19-17(3)15-24-20(19)14-18/h9-11,14,17H,6-8,12-13,15H2,1-5H3/b16-11+. The fourth-order valence-corrected chi connectivity index (χ4v) is 2.99. The van der Waals surface area contributed by atoms with Crippen molar-refractivity contribution >= 4 is 0 Å². The Kier molecular flexibility index (Phi) is 6.73. The zero-order valence-corrected chi connectivity index (χ0v) is 15.9. The third kappa shape index (κ3) is 5.01. The third-order valence-corrected chi connectivity index (χ3v) is 5.20. The van der Waals surface area contributed by atoms with Crippen LogP contribution >= 0.6 is 0 Å². The molecule has 0 radical (unpaired) electrons. The number of methoxy groups -OCH3 is 1. The minimum atomic E-state index is 0.0122. The van der Waals surface area contributed by atoms with Gasteiger partial charge in [0.1, 0.15) is 18.1 Å². The molecule has 2 unspecified atom stereocenters. The summed E-state index contributed by atoms with van der Waals surface area (Å²) in [6, 6.07) is 6.17. The van der Waals surface area contributed by atoms with Crippen LogP contribution in [-0.2, 0) is 4.74 Å². The van der Waals surface area contributed by atoms with Gasteiger partial charge >= 0.3 is 0 Å². The van der Waals surface area contributed by atoms with E-state index in [4.69, 9.17) is 14.2 Å². The number of hydrogen-bond acceptors (Lipinski definition) is 3. The molecule has 0 saturated carbocycles. The molecular formula is C21H32O3. The number of fused-ring (bicyclic) bond motifs is 1. The summed E-state index contributed by atoms with van der Waals surface area (Å²) in [5.74, 6) is 2.33. The average Bonchev–Trinajstić information content (AvgIpc) is 2.95. The topological polar surface area (TPSA) is 27.7 Å². The van der Waals surface area contributed by atoms with Crippen LogP contribution < -0.4 is 9.47 Å². The van der Waals surface area contributed by atoms with Crippen molar-refractivity contribution in [2.75, 3.05) is 20.3 Å². The first-order valence-electron chi connectivity index (χ1n) is 9.07. The summed E-state index contributed by atoms with van der Waals surface area (Å²) in [5, 5.41) is 0. The van der Waals surface area contributed by atoms with E-state index in [9.17, 15) is 0 Å².